The van der Waals surface area contributed by atoms with Crippen molar-refractivity contribution in [3.8, 4) is 11.3 Å². The van der Waals surface area contributed by atoms with E-state index in [1.807, 2.05) is 29.9 Å². The van der Waals surface area contributed by atoms with Crippen LogP contribution in [-0.4, -0.2) is 36.5 Å². The molecule has 0 radical (unpaired) electrons. The summed E-state index contributed by atoms with van der Waals surface area (Å²) >= 11 is 0. The van der Waals surface area contributed by atoms with Crippen molar-refractivity contribution in [1.29, 1.82) is 0 Å². The Morgan fingerprint density at radius 3 is 2.52 bits per heavy atom. The molecule has 3 heterocycles. The molecule has 1 N–H and O–H groups in total. The molecule has 0 unspecified atom stereocenters. The van der Waals surface area contributed by atoms with Gasteiger partial charge in [0.05, 0.1) is 12.2 Å². The first-order chi connectivity index (χ1) is 11.3. The fourth-order valence-corrected chi connectivity index (χ4v) is 2.43. The molecular weight excluding hydrogens is 290 g/mol. The van der Waals surface area contributed by atoms with Gasteiger partial charge in [-0.25, -0.2) is 14.6 Å². The zero-order chi connectivity index (χ0) is 16.1. The summed E-state index contributed by atoms with van der Waals surface area (Å²) in [4.78, 5) is 12.6. The van der Waals surface area contributed by atoms with Gasteiger partial charge in [0.2, 0.25) is 5.95 Å². The molecular formula is C16H19N7. The fraction of sp³-hybridized carbons (Fsp3) is 0.312. The predicted molar refractivity (Wildman–Crippen MR) is 87.9 cm³/mol. The highest BCUT2D eigenvalue weighted by Crippen LogP contribution is 2.23. The quantitative estimate of drug-likeness (QED) is 0.753. The molecule has 0 aliphatic carbocycles. The van der Waals surface area contributed by atoms with Gasteiger partial charge in [-0.1, -0.05) is 12.1 Å². The summed E-state index contributed by atoms with van der Waals surface area (Å²) in [7, 11) is 0. The topological polar surface area (TPSA) is 81.4 Å². The van der Waals surface area contributed by atoms with E-state index in [9.17, 15) is 0 Å². The lowest BCUT2D eigenvalue weighted by Gasteiger charge is -2.14. The molecule has 3 aromatic heterocycles. The highest BCUT2D eigenvalue weighted by molar-refractivity contribution is 5.55. The largest absolute Gasteiger partial charge is 0.355 e. The molecule has 7 nitrogen and oxygen atoms in total. The van der Waals surface area contributed by atoms with E-state index in [0.717, 1.165) is 29.8 Å². The molecule has 0 aliphatic heterocycles. The van der Waals surface area contributed by atoms with Crippen LogP contribution < -0.4 is 5.32 Å². The molecule has 3 aromatic rings. The predicted octanol–water partition coefficient (Wildman–Crippen LogP) is 2.56. The Hall–Kier alpha value is -2.83. The Morgan fingerprint density at radius 1 is 1.13 bits per heavy atom. The third-order valence-corrected chi connectivity index (χ3v) is 3.59. The Kier molecular flexibility index (Phi) is 4.56. The second-order valence-corrected chi connectivity index (χ2v) is 5.11. The van der Waals surface area contributed by atoms with E-state index in [-0.39, 0.29) is 6.04 Å². The Morgan fingerprint density at radius 2 is 1.87 bits per heavy atom. The molecule has 0 saturated heterocycles. The van der Waals surface area contributed by atoms with Gasteiger partial charge in [-0.05, 0) is 31.0 Å². The SMILES string of the molecule is CCNc1ncc(-c2cn([C@H](CC)c3ccncc3)nn2)cn1. The fourth-order valence-electron chi connectivity index (χ4n) is 2.43. The zero-order valence-electron chi connectivity index (χ0n) is 13.2. The molecule has 118 valence electrons. The Balaban J connectivity index is 1.84. The van der Waals surface area contributed by atoms with Crippen molar-refractivity contribution >= 4 is 5.95 Å². The summed E-state index contributed by atoms with van der Waals surface area (Å²) in [5.74, 6) is 0.617. The summed E-state index contributed by atoms with van der Waals surface area (Å²) in [5, 5.41) is 11.6. The van der Waals surface area contributed by atoms with E-state index in [4.69, 9.17) is 0 Å². The maximum Gasteiger partial charge on any atom is 0.222 e. The Bertz CT molecular complexity index is 737. The van der Waals surface area contributed by atoms with Crippen LogP contribution in [-0.2, 0) is 0 Å². The first-order valence-electron chi connectivity index (χ1n) is 7.69. The van der Waals surface area contributed by atoms with E-state index < -0.39 is 0 Å². The number of pyridine rings is 1. The monoisotopic (exact) mass is 309 g/mol. The molecule has 0 spiro atoms. The zero-order valence-corrected chi connectivity index (χ0v) is 13.2. The van der Waals surface area contributed by atoms with Gasteiger partial charge in [0.1, 0.15) is 5.69 Å². The van der Waals surface area contributed by atoms with Crippen LogP contribution in [0.2, 0.25) is 0 Å². The molecule has 0 saturated carbocycles. The van der Waals surface area contributed by atoms with Gasteiger partial charge in [-0.2, -0.15) is 0 Å². The third-order valence-electron chi connectivity index (χ3n) is 3.59. The minimum Gasteiger partial charge on any atom is -0.355 e. The van der Waals surface area contributed by atoms with Gasteiger partial charge < -0.3 is 5.32 Å². The summed E-state index contributed by atoms with van der Waals surface area (Å²) in [6, 6.07) is 4.15. The molecule has 1 atom stereocenters. The van der Waals surface area contributed by atoms with Crippen molar-refractivity contribution in [3.63, 3.8) is 0 Å². The highest BCUT2D eigenvalue weighted by atomic mass is 15.4. The molecule has 7 heteroatoms. The van der Waals surface area contributed by atoms with Crippen molar-refractivity contribution in [2.24, 2.45) is 0 Å². The van der Waals surface area contributed by atoms with Crippen molar-refractivity contribution in [2.45, 2.75) is 26.3 Å². The van der Waals surface area contributed by atoms with Gasteiger partial charge in [0.25, 0.3) is 0 Å². The second kappa shape index (κ2) is 6.95. The minimum absolute atomic E-state index is 0.140. The van der Waals surface area contributed by atoms with Gasteiger partial charge >= 0.3 is 0 Å². The van der Waals surface area contributed by atoms with Crippen LogP contribution >= 0.6 is 0 Å². The Labute approximate surface area is 134 Å². The van der Waals surface area contributed by atoms with E-state index in [1.165, 1.54) is 0 Å². The van der Waals surface area contributed by atoms with Crippen molar-refractivity contribution in [1.82, 2.24) is 29.9 Å². The van der Waals surface area contributed by atoms with Crippen LogP contribution in [0.3, 0.4) is 0 Å². The molecule has 0 fully saturated rings. The van der Waals surface area contributed by atoms with Crippen LogP contribution in [0.15, 0.2) is 43.1 Å². The lowest BCUT2D eigenvalue weighted by atomic mass is 10.1. The standard InChI is InChI=1S/C16H19N7/c1-3-15(12-5-7-17-8-6-12)23-11-14(21-22-23)13-9-19-16(18-4-2)20-10-13/h5-11,15H,3-4H2,1-2H3,(H,18,19,20)/t15-/m1/s1. The number of nitrogens with one attached hydrogen (secondary N) is 1. The maximum atomic E-state index is 4.27. The molecule has 0 aromatic carbocycles. The molecule has 3 rings (SSSR count). The number of anilines is 1. The van der Waals surface area contributed by atoms with Crippen molar-refractivity contribution < 1.29 is 0 Å². The van der Waals surface area contributed by atoms with E-state index in [2.05, 4.69) is 37.5 Å². The number of hydrogen-bond donors (Lipinski definition) is 1. The number of nitrogens with zero attached hydrogens (tertiary/aromatic N) is 6. The van der Waals surface area contributed by atoms with Gasteiger partial charge in [-0.3, -0.25) is 4.98 Å². The van der Waals surface area contributed by atoms with Crippen LogP contribution in [0.25, 0.3) is 11.3 Å². The smallest absolute Gasteiger partial charge is 0.222 e. The summed E-state index contributed by atoms with van der Waals surface area (Å²) in [6.07, 6.45) is 9.95. The average molecular weight is 309 g/mol. The van der Waals surface area contributed by atoms with Crippen LogP contribution in [0.5, 0.6) is 0 Å². The van der Waals surface area contributed by atoms with Crippen LogP contribution in [0, 0.1) is 0 Å². The lowest BCUT2D eigenvalue weighted by Crippen LogP contribution is -2.10. The highest BCUT2D eigenvalue weighted by Gasteiger charge is 2.14. The van der Waals surface area contributed by atoms with E-state index in [0.29, 0.717) is 5.95 Å². The second-order valence-electron chi connectivity index (χ2n) is 5.11. The summed E-state index contributed by atoms with van der Waals surface area (Å²) < 4.78 is 1.88. The van der Waals surface area contributed by atoms with Crippen LogP contribution in [0.1, 0.15) is 31.9 Å². The first kappa shape index (κ1) is 15.1. The minimum atomic E-state index is 0.140. The third kappa shape index (κ3) is 3.33. The van der Waals surface area contributed by atoms with E-state index >= 15 is 0 Å². The molecule has 0 aliphatic rings. The van der Waals surface area contributed by atoms with Crippen molar-refractivity contribution in [2.75, 3.05) is 11.9 Å². The summed E-state index contributed by atoms with van der Waals surface area (Å²) in [6.45, 7) is 4.92. The number of aromatic nitrogens is 6. The average Bonchev–Trinajstić information content (AvgIpc) is 3.07. The van der Waals surface area contributed by atoms with E-state index in [1.54, 1.807) is 24.8 Å². The van der Waals surface area contributed by atoms with Crippen molar-refractivity contribution in [3.05, 3.63) is 48.7 Å². The van der Waals surface area contributed by atoms with Gasteiger partial charge in [-0.15, -0.1) is 5.10 Å². The normalized spacial score (nSPS) is 12.1. The van der Waals surface area contributed by atoms with Gasteiger partial charge in [0, 0.05) is 36.9 Å². The van der Waals surface area contributed by atoms with Gasteiger partial charge in [0.15, 0.2) is 0 Å². The maximum absolute atomic E-state index is 4.27. The summed E-state index contributed by atoms with van der Waals surface area (Å²) in [5.41, 5.74) is 2.78. The molecule has 23 heavy (non-hydrogen) atoms. The molecule has 0 amide bonds. The number of hydrogen-bond acceptors (Lipinski definition) is 6. The number of rotatable bonds is 6. The lowest BCUT2D eigenvalue weighted by molar-refractivity contribution is 0.493. The van der Waals surface area contributed by atoms with Crippen LogP contribution in [0.4, 0.5) is 5.95 Å². The molecule has 0 bridgehead atoms. The first-order valence-corrected chi connectivity index (χ1v) is 7.69.